The summed E-state index contributed by atoms with van der Waals surface area (Å²) in [5, 5.41) is 9.02. The normalized spacial score (nSPS) is 9.64. The number of hydrogen-bond donors (Lipinski definition) is 1. The van der Waals surface area contributed by atoms with Gasteiger partial charge in [0.25, 0.3) is 0 Å². The molecule has 58 valence electrons. The highest BCUT2D eigenvalue weighted by atomic mass is 16.3. The fourth-order valence-electron chi connectivity index (χ4n) is 0.989. The minimum atomic E-state index is 0.0248. The van der Waals surface area contributed by atoms with Gasteiger partial charge in [-0.3, -0.25) is 0 Å². The van der Waals surface area contributed by atoms with E-state index in [0.717, 1.165) is 11.3 Å². The largest absolute Gasteiger partial charge is 0.506 e. The van der Waals surface area contributed by atoms with Crippen LogP contribution in [0, 0.1) is 13.8 Å². The summed E-state index contributed by atoms with van der Waals surface area (Å²) in [6, 6.07) is 3.75. The van der Waals surface area contributed by atoms with Gasteiger partial charge in [-0.05, 0) is 31.5 Å². The van der Waals surface area contributed by atoms with E-state index in [1.165, 1.54) is 0 Å². The minimum Gasteiger partial charge on any atom is -0.506 e. The number of nitrogens with zero attached hydrogens (tertiary/aromatic N) is 1. The summed E-state index contributed by atoms with van der Waals surface area (Å²) in [5.74, 6) is 0.0248. The molecule has 11 heavy (non-hydrogen) atoms. The Morgan fingerprint density at radius 2 is 2.09 bits per heavy atom. The zero-order valence-corrected chi connectivity index (χ0v) is 6.76. The molecule has 0 saturated heterocycles. The Morgan fingerprint density at radius 3 is 2.55 bits per heavy atom. The maximum atomic E-state index is 9.02. The van der Waals surface area contributed by atoms with Crippen LogP contribution in [-0.4, -0.2) is 10.1 Å². The maximum absolute atomic E-state index is 9.02. The van der Waals surface area contributed by atoms with Gasteiger partial charge in [-0.2, -0.15) is 0 Å². The molecular weight excluding hydrogens is 138 g/mol. The average molecular weight is 149 g/mol. The first-order chi connectivity index (χ1) is 5.09. The average Bonchev–Trinajstić information content (AvgIpc) is 1.85. The lowest BCUT2D eigenvalue weighted by molar-refractivity contribution is 0.510. The summed E-state index contributed by atoms with van der Waals surface area (Å²) < 4.78 is 0. The SMILES string of the molecule is C=C(O)c1cc(C)cc(C)n1. The third kappa shape index (κ3) is 1.80. The smallest absolute Gasteiger partial charge is 0.134 e. The topological polar surface area (TPSA) is 33.1 Å². The molecule has 0 radical (unpaired) electrons. The third-order valence-corrected chi connectivity index (χ3v) is 1.39. The molecule has 1 heterocycles. The molecule has 2 nitrogen and oxygen atoms in total. The number of rotatable bonds is 1. The predicted octanol–water partition coefficient (Wildman–Crippen LogP) is 2.23. The van der Waals surface area contributed by atoms with E-state index in [4.69, 9.17) is 5.11 Å². The Hall–Kier alpha value is -1.31. The van der Waals surface area contributed by atoms with Crippen LogP contribution in [0.1, 0.15) is 17.0 Å². The second kappa shape index (κ2) is 2.74. The lowest BCUT2D eigenvalue weighted by Gasteiger charge is -2.00. The van der Waals surface area contributed by atoms with Crippen LogP contribution in [0.25, 0.3) is 5.76 Å². The Kier molecular flexibility index (Phi) is 1.94. The van der Waals surface area contributed by atoms with Gasteiger partial charge in [-0.15, -0.1) is 0 Å². The minimum absolute atomic E-state index is 0.0248. The molecule has 1 rings (SSSR count). The van der Waals surface area contributed by atoms with Crippen LogP contribution in [0.3, 0.4) is 0 Å². The van der Waals surface area contributed by atoms with Crippen LogP contribution in [0.15, 0.2) is 18.7 Å². The van der Waals surface area contributed by atoms with Crippen LogP contribution >= 0.6 is 0 Å². The molecule has 0 spiro atoms. The van der Waals surface area contributed by atoms with Gasteiger partial charge < -0.3 is 5.11 Å². The van der Waals surface area contributed by atoms with Crippen molar-refractivity contribution in [2.24, 2.45) is 0 Å². The van der Waals surface area contributed by atoms with Crippen molar-refractivity contribution < 1.29 is 5.11 Å². The standard InChI is InChI=1S/C9H11NO/c1-6-4-7(2)10-9(5-6)8(3)11/h4-5,11H,3H2,1-2H3. The van der Waals surface area contributed by atoms with Crippen molar-refractivity contribution in [3.05, 3.63) is 35.7 Å². The summed E-state index contributed by atoms with van der Waals surface area (Å²) in [6.45, 7) is 7.25. The Labute approximate surface area is 66.2 Å². The second-order valence-electron chi connectivity index (χ2n) is 2.62. The number of aromatic nitrogens is 1. The summed E-state index contributed by atoms with van der Waals surface area (Å²) >= 11 is 0. The molecule has 2 heteroatoms. The highest BCUT2D eigenvalue weighted by Gasteiger charge is 1.98. The first kappa shape index (κ1) is 7.79. The van der Waals surface area contributed by atoms with E-state index in [0.29, 0.717) is 5.69 Å². The number of aliphatic hydroxyl groups excluding tert-OH is 1. The molecule has 0 aliphatic rings. The van der Waals surface area contributed by atoms with Gasteiger partial charge in [0.15, 0.2) is 0 Å². The van der Waals surface area contributed by atoms with Crippen molar-refractivity contribution in [1.29, 1.82) is 0 Å². The van der Waals surface area contributed by atoms with Crippen molar-refractivity contribution in [3.63, 3.8) is 0 Å². The summed E-state index contributed by atoms with van der Waals surface area (Å²) in [5.41, 5.74) is 2.54. The molecular formula is C9H11NO. The van der Waals surface area contributed by atoms with E-state index < -0.39 is 0 Å². The summed E-state index contributed by atoms with van der Waals surface area (Å²) in [4.78, 5) is 4.08. The monoisotopic (exact) mass is 149 g/mol. The van der Waals surface area contributed by atoms with Crippen molar-refractivity contribution in [1.82, 2.24) is 4.98 Å². The van der Waals surface area contributed by atoms with E-state index in [-0.39, 0.29) is 5.76 Å². The van der Waals surface area contributed by atoms with Gasteiger partial charge in [0, 0.05) is 5.69 Å². The zero-order valence-electron chi connectivity index (χ0n) is 6.76. The lowest BCUT2D eigenvalue weighted by Crippen LogP contribution is -1.91. The predicted molar refractivity (Wildman–Crippen MR) is 45.4 cm³/mol. The molecule has 0 saturated carbocycles. The number of aryl methyl sites for hydroxylation is 2. The van der Waals surface area contributed by atoms with E-state index in [1.807, 2.05) is 19.9 Å². The second-order valence-corrected chi connectivity index (χ2v) is 2.62. The van der Waals surface area contributed by atoms with Crippen molar-refractivity contribution in [2.75, 3.05) is 0 Å². The van der Waals surface area contributed by atoms with Gasteiger partial charge in [-0.25, -0.2) is 4.98 Å². The van der Waals surface area contributed by atoms with E-state index in [9.17, 15) is 0 Å². The molecule has 1 aromatic rings. The van der Waals surface area contributed by atoms with Crippen LogP contribution in [0.4, 0.5) is 0 Å². The molecule has 1 N–H and O–H groups in total. The Bertz CT molecular complexity index is 271. The van der Waals surface area contributed by atoms with Crippen LogP contribution in [-0.2, 0) is 0 Å². The van der Waals surface area contributed by atoms with Gasteiger partial charge in [0.2, 0.25) is 0 Å². The molecule has 0 amide bonds. The van der Waals surface area contributed by atoms with Crippen LogP contribution in [0.5, 0.6) is 0 Å². The fraction of sp³-hybridized carbons (Fsp3) is 0.222. The van der Waals surface area contributed by atoms with Gasteiger partial charge in [0.1, 0.15) is 11.5 Å². The van der Waals surface area contributed by atoms with Crippen LogP contribution in [0.2, 0.25) is 0 Å². The van der Waals surface area contributed by atoms with Crippen molar-refractivity contribution in [3.8, 4) is 0 Å². The van der Waals surface area contributed by atoms with E-state index >= 15 is 0 Å². The highest BCUT2D eigenvalue weighted by Crippen LogP contribution is 2.09. The molecule has 1 aromatic heterocycles. The van der Waals surface area contributed by atoms with Gasteiger partial charge in [-0.1, -0.05) is 6.58 Å². The summed E-state index contributed by atoms with van der Waals surface area (Å²) in [6.07, 6.45) is 0. The molecule has 0 aliphatic heterocycles. The number of aliphatic hydroxyl groups is 1. The zero-order chi connectivity index (χ0) is 8.43. The molecule has 0 fully saturated rings. The van der Waals surface area contributed by atoms with Crippen molar-refractivity contribution >= 4 is 5.76 Å². The lowest BCUT2D eigenvalue weighted by atomic mass is 10.2. The fourth-order valence-corrected chi connectivity index (χ4v) is 0.989. The van der Waals surface area contributed by atoms with Crippen molar-refractivity contribution in [2.45, 2.75) is 13.8 Å². The third-order valence-electron chi connectivity index (χ3n) is 1.39. The van der Waals surface area contributed by atoms with Crippen LogP contribution < -0.4 is 0 Å². The molecule has 0 bridgehead atoms. The highest BCUT2D eigenvalue weighted by molar-refractivity contribution is 5.52. The Morgan fingerprint density at radius 1 is 1.45 bits per heavy atom. The molecule has 0 aromatic carbocycles. The molecule has 0 unspecified atom stereocenters. The quantitative estimate of drug-likeness (QED) is 0.621. The Balaban J connectivity index is 3.19. The van der Waals surface area contributed by atoms with Gasteiger partial charge in [0.05, 0.1) is 0 Å². The molecule has 0 atom stereocenters. The number of hydrogen-bond acceptors (Lipinski definition) is 2. The maximum Gasteiger partial charge on any atom is 0.134 e. The van der Waals surface area contributed by atoms with Gasteiger partial charge >= 0.3 is 0 Å². The molecule has 0 aliphatic carbocycles. The number of pyridine rings is 1. The van der Waals surface area contributed by atoms with E-state index in [2.05, 4.69) is 11.6 Å². The summed E-state index contributed by atoms with van der Waals surface area (Å²) in [7, 11) is 0. The first-order valence-corrected chi connectivity index (χ1v) is 3.43. The first-order valence-electron chi connectivity index (χ1n) is 3.43. The van der Waals surface area contributed by atoms with E-state index in [1.54, 1.807) is 6.07 Å².